The van der Waals surface area contributed by atoms with Gasteiger partial charge in [0.15, 0.2) is 10.6 Å². The van der Waals surface area contributed by atoms with Gasteiger partial charge in [0.1, 0.15) is 0 Å². The molecule has 32 heavy (non-hydrogen) atoms. The lowest BCUT2D eigenvalue weighted by atomic mass is 10.2. The minimum absolute atomic E-state index is 0.634. The van der Waals surface area contributed by atoms with Crippen molar-refractivity contribution in [2.75, 3.05) is 26.7 Å². The van der Waals surface area contributed by atoms with Gasteiger partial charge in [-0.25, -0.2) is 19.6 Å². The van der Waals surface area contributed by atoms with Crippen molar-refractivity contribution in [2.45, 2.75) is 53.4 Å². The molecule has 8 nitrogen and oxygen atoms in total. The molecule has 2 aromatic heterocycles. The number of rotatable bonds is 0. The number of methoxy groups -OCH3 is 1. The van der Waals surface area contributed by atoms with Gasteiger partial charge in [0.2, 0.25) is 5.96 Å². The lowest BCUT2D eigenvalue weighted by Gasteiger charge is -2.02. The van der Waals surface area contributed by atoms with Crippen LogP contribution in [0.3, 0.4) is 0 Å². The highest BCUT2D eigenvalue weighted by molar-refractivity contribution is 9.10. The van der Waals surface area contributed by atoms with E-state index in [2.05, 4.69) is 52.9 Å². The summed E-state index contributed by atoms with van der Waals surface area (Å²) in [5.41, 5.74) is 3.32. The first kappa shape index (κ1) is 27.5. The number of aromatic nitrogens is 4. The Hall–Kier alpha value is -2.55. The SMILES string of the molecule is Brc1ncccn1.C=C(C)C.COC1=NCCCCC1.Cc1cc(C)n(C2=NCCN2)n1. The van der Waals surface area contributed by atoms with Crippen LogP contribution in [0.2, 0.25) is 0 Å². The van der Waals surface area contributed by atoms with Crippen molar-refractivity contribution in [3.05, 3.63) is 52.8 Å². The molecule has 0 amide bonds. The zero-order valence-electron chi connectivity index (χ0n) is 19.9. The van der Waals surface area contributed by atoms with Crippen molar-refractivity contribution in [3.8, 4) is 0 Å². The summed E-state index contributed by atoms with van der Waals surface area (Å²) < 4.78 is 7.50. The molecule has 0 fully saturated rings. The third-order valence-corrected chi connectivity index (χ3v) is 4.38. The van der Waals surface area contributed by atoms with Crippen molar-refractivity contribution in [3.63, 3.8) is 0 Å². The highest BCUT2D eigenvalue weighted by Crippen LogP contribution is 2.07. The van der Waals surface area contributed by atoms with E-state index in [4.69, 9.17) is 4.74 Å². The Morgan fingerprint density at radius 2 is 1.78 bits per heavy atom. The van der Waals surface area contributed by atoms with Gasteiger partial charge < -0.3 is 10.1 Å². The maximum absolute atomic E-state index is 5.02. The van der Waals surface area contributed by atoms with Crippen LogP contribution in [0.4, 0.5) is 0 Å². The molecule has 9 heteroatoms. The van der Waals surface area contributed by atoms with Crippen LogP contribution in [0.5, 0.6) is 0 Å². The fraction of sp³-hybridized carbons (Fsp3) is 0.522. The van der Waals surface area contributed by atoms with Gasteiger partial charge in [-0.1, -0.05) is 12.0 Å². The number of aryl methyl sites for hydroxylation is 2. The van der Waals surface area contributed by atoms with Crippen molar-refractivity contribution < 1.29 is 4.74 Å². The molecule has 2 aliphatic rings. The third kappa shape index (κ3) is 12.3. The molecule has 0 unspecified atom stereocenters. The van der Waals surface area contributed by atoms with E-state index in [0.29, 0.717) is 4.73 Å². The summed E-state index contributed by atoms with van der Waals surface area (Å²) in [6.45, 7) is 14.3. The Morgan fingerprint density at radius 3 is 2.25 bits per heavy atom. The average molecular weight is 506 g/mol. The molecule has 0 aromatic carbocycles. The lowest BCUT2D eigenvalue weighted by molar-refractivity contribution is 0.388. The maximum atomic E-state index is 5.02. The van der Waals surface area contributed by atoms with Gasteiger partial charge in [0.05, 0.1) is 19.3 Å². The molecule has 0 bridgehead atoms. The number of allylic oxidation sites excluding steroid dienone is 1. The van der Waals surface area contributed by atoms with Crippen LogP contribution < -0.4 is 5.32 Å². The summed E-state index contributed by atoms with van der Waals surface area (Å²) in [5, 5.41) is 7.49. The Kier molecular flexibility index (Phi) is 13.9. The third-order valence-electron chi connectivity index (χ3n) is 3.97. The number of hydrogen-bond donors (Lipinski definition) is 1. The fourth-order valence-corrected chi connectivity index (χ4v) is 2.90. The molecule has 0 aliphatic carbocycles. The normalized spacial score (nSPS) is 14.4. The van der Waals surface area contributed by atoms with Crippen molar-refractivity contribution in [1.29, 1.82) is 0 Å². The van der Waals surface area contributed by atoms with Gasteiger partial charge in [-0.2, -0.15) is 5.10 Å². The highest BCUT2D eigenvalue weighted by atomic mass is 79.9. The van der Waals surface area contributed by atoms with Crippen LogP contribution in [0.15, 0.2) is 51.4 Å². The number of nitrogens with zero attached hydrogens (tertiary/aromatic N) is 6. The molecule has 0 radical (unpaired) electrons. The van der Waals surface area contributed by atoms with E-state index >= 15 is 0 Å². The van der Waals surface area contributed by atoms with Crippen LogP contribution in [-0.4, -0.2) is 58.3 Å². The second-order valence-electron chi connectivity index (χ2n) is 7.49. The molecule has 2 aromatic rings. The summed E-state index contributed by atoms with van der Waals surface area (Å²) in [7, 11) is 1.70. The monoisotopic (exact) mass is 505 g/mol. The van der Waals surface area contributed by atoms with Gasteiger partial charge in [0.25, 0.3) is 0 Å². The predicted octanol–water partition coefficient (Wildman–Crippen LogP) is 4.73. The first-order valence-electron chi connectivity index (χ1n) is 10.8. The molecule has 0 saturated carbocycles. The topological polar surface area (TPSA) is 89.6 Å². The summed E-state index contributed by atoms with van der Waals surface area (Å²) in [6.07, 6.45) is 8.17. The molecular formula is C23H36BrN7O. The van der Waals surface area contributed by atoms with E-state index in [1.54, 1.807) is 25.6 Å². The van der Waals surface area contributed by atoms with Crippen LogP contribution in [0.1, 0.15) is 50.9 Å². The molecule has 0 spiro atoms. The molecule has 2 aliphatic heterocycles. The fourth-order valence-electron chi connectivity index (χ4n) is 2.67. The zero-order chi connectivity index (χ0) is 23.8. The molecule has 0 atom stereocenters. The van der Waals surface area contributed by atoms with E-state index in [0.717, 1.165) is 49.3 Å². The second-order valence-corrected chi connectivity index (χ2v) is 8.20. The van der Waals surface area contributed by atoms with E-state index in [-0.39, 0.29) is 0 Å². The van der Waals surface area contributed by atoms with Crippen molar-refractivity contribution >= 4 is 27.8 Å². The second kappa shape index (κ2) is 16.1. The minimum Gasteiger partial charge on any atom is -0.484 e. The first-order valence-corrected chi connectivity index (χ1v) is 11.6. The quantitative estimate of drug-likeness (QED) is 0.412. The summed E-state index contributed by atoms with van der Waals surface area (Å²) >= 11 is 3.09. The maximum Gasteiger partial charge on any atom is 0.219 e. The predicted molar refractivity (Wildman–Crippen MR) is 135 cm³/mol. The van der Waals surface area contributed by atoms with Crippen LogP contribution in [-0.2, 0) is 4.74 Å². The van der Waals surface area contributed by atoms with E-state index in [1.807, 2.05) is 38.4 Å². The number of aliphatic imine (C=N–C) groups is 2. The lowest BCUT2D eigenvalue weighted by Crippen LogP contribution is -2.27. The molecule has 4 heterocycles. The Labute approximate surface area is 200 Å². The standard InChI is InChI=1S/C8H12N4.C7H13NO.C4H3BrN2.C4H8/c1-6-5-7(2)12(11-6)8-9-3-4-10-8;1-9-7-5-3-2-4-6-8-7;5-4-6-2-1-3-7-4;1-4(2)3/h5H,3-4H2,1-2H3,(H,9,10);2-6H2,1H3;1-3H;1H2,2-3H3. The van der Waals surface area contributed by atoms with Crippen LogP contribution in [0.25, 0.3) is 0 Å². The summed E-state index contributed by atoms with van der Waals surface area (Å²) in [4.78, 5) is 16.1. The van der Waals surface area contributed by atoms with Gasteiger partial charge >= 0.3 is 0 Å². The smallest absolute Gasteiger partial charge is 0.219 e. The van der Waals surface area contributed by atoms with Crippen molar-refractivity contribution in [1.82, 2.24) is 25.1 Å². The van der Waals surface area contributed by atoms with E-state index in [9.17, 15) is 0 Å². The Balaban J connectivity index is 0.000000229. The van der Waals surface area contributed by atoms with Crippen LogP contribution >= 0.6 is 15.9 Å². The molecular weight excluding hydrogens is 470 g/mol. The van der Waals surface area contributed by atoms with Gasteiger partial charge in [-0.05, 0) is 68.6 Å². The number of hydrogen-bond acceptors (Lipinski definition) is 7. The molecule has 1 N–H and O–H groups in total. The molecule has 0 saturated heterocycles. The number of nitrogens with one attached hydrogen (secondary N) is 1. The Bertz CT molecular complexity index is 858. The largest absolute Gasteiger partial charge is 0.484 e. The molecule has 4 rings (SSSR count). The summed E-state index contributed by atoms with van der Waals surface area (Å²) in [5.74, 6) is 1.81. The first-order chi connectivity index (χ1) is 15.3. The highest BCUT2D eigenvalue weighted by Gasteiger charge is 2.10. The molecule has 176 valence electrons. The number of halogens is 1. The zero-order valence-corrected chi connectivity index (χ0v) is 21.5. The Morgan fingerprint density at radius 1 is 1.09 bits per heavy atom. The van der Waals surface area contributed by atoms with E-state index < -0.39 is 0 Å². The van der Waals surface area contributed by atoms with E-state index in [1.165, 1.54) is 24.8 Å². The summed E-state index contributed by atoms with van der Waals surface area (Å²) in [6, 6.07) is 3.81. The van der Waals surface area contributed by atoms with Gasteiger partial charge in [-0.3, -0.25) is 4.99 Å². The number of ether oxygens (including phenoxy) is 1. The minimum atomic E-state index is 0.634. The van der Waals surface area contributed by atoms with Crippen LogP contribution in [0, 0.1) is 13.8 Å². The van der Waals surface area contributed by atoms with Gasteiger partial charge in [-0.15, -0.1) is 6.58 Å². The van der Waals surface area contributed by atoms with Gasteiger partial charge in [0, 0.05) is 37.6 Å². The average Bonchev–Trinajstić information content (AvgIpc) is 3.30. The van der Waals surface area contributed by atoms with Crippen molar-refractivity contribution in [2.24, 2.45) is 9.98 Å².